The molecule has 9 nitrogen and oxygen atoms in total. The summed E-state index contributed by atoms with van der Waals surface area (Å²) in [7, 11) is 0. The highest BCUT2D eigenvalue weighted by atomic mass is 79.9. The molecule has 2 heterocycles. The molecule has 0 spiro atoms. The monoisotopic (exact) mass is 511 g/mol. The van der Waals surface area contributed by atoms with Crippen molar-refractivity contribution in [3.05, 3.63) is 74.4 Å². The van der Waals surface area contributed by atoms with Crippen molar-refractivity contribution in [3.63, 3.8) is 0 Å². The maximum absolute atomic E-state index is 12.7. The number of aryl methyl sites for hydroxylation is 3. The number of carbonyl (C=O) groups is 4. The molecular formula is C23H18BrN3O6. The van der Waals surface area contributed by atoms with Crippen LogP contribution in [0, 0.1) is 20.8 Å². The highest BCUT2D eigenvalue weighted by Gasteiger charge is 2.38. The third kappa shape index (κ3) is 4.29. The summed E-state index contributed by atoms with van der Waals surface area (Å²) < 4.78 is 11.0. The Kier molecular flexibility index (Phi) is 5.86. The van der Waals surface area contributed by atoms with E-state index in [2.05, 4.69) is 26.4 Å². The SMILES string of the molecule is Cc1cc(N2C(=O)c3ccc(C(=O)OCC(=O)Nc4cc(C)c(Br)cc4C)cc3C2=O)no1. The number of rotatable bonds is 5. The molecule has 4 rings (SSSR count). The Hall–Kier alpha value is -3.79. The summed E-state index contributed by atoms with van der Waals surface area (Å²) in [4.78, 5) is 51.0. The van der Waals surface area contributed by atoms with Crippen LogP contribution in [0.1, 0.15) is 48.0 Å². The molecule has 1 aliphatic rings. The van der Waals surface area contributed by atoms with E-state index in [1.807, 2.05) is 26.0 Å². The lowest BCUT2D eigenvalue weighted by molar-refractivity contribution is -0.119. The zero-order valence-corrected chi connectivity index (χ0v) is 19.5. The molecule has 0 saturated heterocycles. The Balaban J connectivity index is 1.44. The number of esters is 1. The fourth-order valence-electron chi connectivity index (χ4n) is 3.35. The van der Waals surface area contributed by atoms with Crippen LogP contribution in [-0.4, -0.2) is 35.5 Å². The lowest BCUT2D eigenvalue weighted by atomic mass is 10.1. The van der Waals surface area contributed by atoms with Crippen molar-refractivity contribution >= 4 is 51.1 Å². The van der Waals surface area contributed by atoms with Gasteiger partial charge in [0.05, 0.1) is 16.7 Å². The molecule has 0 fully saturated rings. The van der Waals surface area contributed by atoms with E-state index < -0.39 is 30.3 Å². The van der Waals surface area contributed by atoms with Crippen LogP contribution in [0.25, 0.3) is 0 Å². The van der Waals surface area contributed by atoms with Gasteiger partial charge in [-0.3, -0.25) is 14.4 Å². The third-order valence-corrected chi connectivity index (χ3v) is 5.94. The fourth-order valence-corrected chi connectivity index (χ4v) is 3.81. The Morgan fingerprint density at radius 2 is 1.76 bits per heavy atom. The predicted molar refractivity (Wildman–Crippen MR) is 121 cm³/mol. The topological polar surface area (TPSA) is 119 Å². The Morgan fingerprint density at radius 3 is 2.45 bits per heavy atom. The summed E-state index contributed by atoms with van der Waals surface area (Å²) in [5, 5.41) is 6.42. The Labute approximate surface area is 196 Å². The van der Waals surface area contributed by atoms with Crippen molar-refractivity contribution in [2.45, 2.75) is 20.8 Å². The molecule has 1 aromatic heterocycles. The number of nitrogens with one attached hydrogen (secondary N) is 1. The number of fused-ring (bicyclic) bond motifs is 1. The predicted octanol–water partition coefficient (Wildman–Crippen LogP) is 3.96. The van der Waals surface area contributed by atoms with Crippen LogP contribution in [0.5, 0.6) is 0 Å². The molecule has 10 heteroatoms. The van der Waals surface area contributed by atoms with E-state index in [1.54, 1.807) is 6.92 Å². The molecule has 33 heavy (non-hydrogen) atoms. The van der Waals surface area contributed by atoms with Gasteiger partial charge in [0, 0.05) is 16.2 Å². The number of nitrogens with zero attached hydrogens (tertiary/aromatic N) is 2. The average molecular weight is 512 g/mol. The van der Waals surface area contributed by atoms with Gasteiger partial charge in [0.25, 0.3) is 17.7 Å². The van der Waals surface area contributed by atoms with Gasteiger partial charge in [-0.15, -0.1) is 0 Å². The minimum atomic E-state index is -0.798. The molecule has 3 amide bonds. The molecule has 0 atom stereocenters. The molecule has 1 N–H and O–H groups in total. The van der Waals surface area contributed by atoms with E-state index in [0.29, 0.717) is 11.4 Å². The van der Waals surface area contributed by atoms with Crippen LogP contribution in [0.3, 0.4) is 0 Å². The van der Waals surface area contributed by atoms with Gasteiger partial charge >= 0.3 is 5.97 Å². The largest absolute Gasteiger partial charge is 0.452 e. The third-order valence-electron chi connectivity index (χ3n) is 5.08. The number of benzene rings is 2. The smallest absolute Gasteiger partial charge is 0.338 e. The van der Waals surface area contributed by atoms with Crippen LogP contribution >= 0.6 is 15.9 Å². The highest BCUT2D eigenvalue weighted by molar-refractivity contribution is 9.10. The highest BCUT2D eigenvalue weighted by Crippen LogP contribution is 2.29. The molecular weight excluding hydrogens is 494 g/mol. The molecule has 3 aromatic rings. The van der Waals surface area contributed by atoms with Gasteiger partial charge in [0.15, 0.2) is 12.4 Å². The number of halogens is 1. The van der Waals surface area contributed by atoms with E-state index in [9.17, 15) is 19.2 Å². The Bertz CT molecular complexity index is 1330. The van der Waals surface area contributed by atoms with Crippen LogP contribution in [0.15, 0.2) is 45.4 Å². The average Bonchev–Trinajstić information content (AvgIpc) is 3.30. The van der Waals surface area contributed by atoms with Crippen molar-refractivity contribution in [1.29, 1.82) is 0 Å². The molecule has 0 saturated carbocycles. The first kappa shape index (κ1) is 22.4. The van der Waals surface area contributed by atoms with Crippen molar-refractivity contribution in [2.75, 3.05) is 16.8 Å². The first-order valence-corrected chi connectivity index (χ1v) is 10.6. The van der Waals surface area contributed by atoms with Gasteiger partial charge in [0.1, 0.15) is 5.76 Å². The van der Waals surface area contributed by atoms with Gasteiger partial charge in [-0.05, 0) is 62.2 Å². The lowest BCUT2D eigenvalue weighted by Crippen LogP contribution is -2.29. The van der Waals surface area contributed by atoms with E-state index >= 15 is 0 Å². The van der Waals surface area contributed by atoms with Crippen molar-refractivity contribution in [1.82, 2.24) is 5.16 Å². The number of ether oxygens (including phenoxy) is 1. The van der Waals surface area contributed by atoms with Crippen LogP contribution in [0.4, 0.5) is 11.5 Å². The van der Waals surface area contributed by atoms with Gasteiger partial charge in [-0.2, -0.15) is 0 Å². The first-order chi connectivity index (χ1) is 15.7. The number of amides is 3. The fraction of sp³-hybridized carbons (Fsp3) is 0.174. The minimum Gasteiger partial charge on any atom is -0.452 e. The second-order valence-corrected chi connectivity index (χ2v) is 8.40. The van der Waals surface area contributed by atoms with Crippen molar-refractivity contribution in [2.24, 2.45) is 0 Å². The minimum absolute atomic E-state index is 0.0385. The van der Waals surface area contributed by atoms with E-state index in [0.717, 1.165) is 20.5 Å². The number of aromatic nitrogens is 1. The number of hydrogen-bond acceptors (Lipinski definition) is 7. The summed E-state index contributed by atoms with van der Waals surface area (Å²) in [6.45, 7) is 4.86. The van der Waals surface area contributed by atoms with Crippen molar-refractivity contribution in [3.8, 4) is 0 Å². The van der Waals surface area contributed by atoms with Gasteiger partial charge in [0.2, 0.25) is 0 Å². The molecule has 0 aliphatic carbocycles. The zero-order chi connectivity index (χ0) is 23.9. The summed E-state index contributed by atoms with van der Waals surface area (Å²) in [6.07, 6.45) is 0. The second kappa shape index (κ2) is 8.62. The van der Waals surface area contributed by atoms with Crippen LogP contribution < -0.4 is 10.2 Å². The molecule has 1 aliphatic heterocycles. The molecule has 168 valence electrons. The van der Waals surface area contributed by atoms with E-state index in [4.69, 9.17) is 9.26 Å². The van der Waals surface area contributed by atoms with Crippen LogP contribution in [-0.2, 0) is 9.53 Å². The molecule has 0 radical (unpaired) electrons. The van der Waals surface area contributed by atoms with Gasteiger partial charge in [-0.1, -0.05) is 21.1 Å². The lowest BCUT2D eigenvalue weighted by Gasteiger charge is -2.11. The first-order valence-electron chi connectivity index (χ1n) is 9.85. The molecule has 0 bridgehead atoms. The van der Waals surface area contributed by atoms with Gasteiger partial charge < -0.3 is 14.6 Å². The maximum Gasteiger partial charge on any atom is 0.338 e. The van der Waals surface area contributed by atoms with Crippen LogP contribution in [0.2, 0.25) is 0 Å². The van der Waals surface area contributed by atoms with Crippen molar-refractivity contribution < 1.29 is 28.4 Å². The second-order valence-electron chi connectivity index (χ2n) is 7.54. The number of carbonyl (C=O) groups excluding carboxylic acids is 4. The molecule has 0 unspecified atom stereocenters. The summed E-state index contributed by atoms with van der Waals surface area (Å²) in [5.74, 6) is -1.99. The maximum atomic E-state index is 12.7. The summed E-state index contributed by atoms with van der Waals surface area (Å²) in [6, 6.07) is 9.15. The summed E-state index contributed by atoms with van der Waals surface area (Å²) in [5.41, 5.74) is 2.62. The number of hydrogen-bond donors (Lipinski definition) is 1. The van der Waals surface area contributed by atoms with E-state index in [-0.39, 0.29) is 22.5 Å². The Morgan fingerprint density at radius 1 is 1.03 bits per heavy atom. The zero-order valence-electron chi connectivity index (χ0n) is 17.9. The number of imide groups is 1. The standard InChI is InChI=1S/C23H18BrN3O6/c1-11-7-18(12(2)6-17(11)24)25-20(28)10-32-23(31)14-4-5-15-16(9-14)22(30)27(21(15)29)19-8-13(3)33-26-19/h4-9H,10H2,1-3H3,(H,25,28). The van der Waals surface area contributed by atoms with Gasteiger partial charge in [-0.25, -0.2) is 9.69 Å². The summed E-state index contributed by atoms with van der Waals surface area (Å²) >= 11 is 3.43. The number of anilines is 2. The van der Waals surface area contributed by atoms with E-state index in [1.165, 1.54) is 24.3 Å². The normalized spacial score (nSPS) is 12.7. The quantitative estimate of drug-likeness (QED) is 0.406. The molecule has 2 aromatic carbocycles.